The minimum atomic E-state index is -4.61. The molecule has 0 aromatic heterocycles. The first-order valence-electron chi connectivity index (χ1n) is 9.82. The standard InChI is InChI=1S/C22H19ClF3NO7/c1-12(21(30)33-2)18(28)4-3-5-19(29)15-11-14(7-8-17(15)27(31)32)34-20-9-6-13(10-16(20)23)22(24,25)26/h6-12H,3-5H2,1-2H3. The lowest BCUT2D eigenvalue weighted by Gasteiger charge is -2.12. The molecule has 2 aromatic carbocycles. The lowest BCUT2D eigenvalue weighted by Crippen LogP contribution is -2.22. The SMILES string of the molecule is COC(=O)C(C)C(=O)CCCC(=O)c1cc(Oc2ccc(C(F)(F)F)cc2Cl)ccc1[N+](=O)[O-]. The summed E-state index contributed by atoms with van der Waals surface area (Å²) < 4.78 is 48.3. The van der Waals surface area contributed by atoms with E-state index >= 15 is 0 Å². The molecule has 2 rings (SSSR count). The number of halogens is 4. The highest BCUT2D eigenvalue weighted by molar-refractivity contribution is 6.32. The van der Waals surface area contributed by atoms with Crippen molar-refractivity contribution in [3.8, 4) is 11.5 Å². The molecule has 0 aliphatic heterocycles. The zero-order chi connectivity index (χ0) is 25.6. The molecule has 0 fully saturated rings. The molecule has 0 saturated carbocycles. The van der Waals surface area contributed by atoms with E-state index in [9.17, 15) is 37.7 Å². The van der Waals surface area contributed by atoms with Gasteiger partial charge in [-0.15, -0.1) is 0 Å². The Balaban J connectivity index is 2.18. The van der Waals surface area contributed by atoms with Crippen LogP contribution in [0.2, 0.25) is 5.02 Å². The average molecular weight is 502 g/mol. The second kappa shape index (κ2) is 11.1. The molecule has 0 bridgehead atoms. The molecule has 34 heavy (non-hydrogen) atoms. The van der Waals surface area contributed by atoms with Crippen LogP contribution in [0.1, 0.15) is 42.1 Å². The number of ether oxygens (including phenoxy) is 2. The predicted octanol–water partition coefficient (Wildman–Crippen LogP) is 5.79. The van der Waals surface area contributed by atoms with E-state index in [0.29, 0.717) is 6.07 Å². The maximum atomic E-state index is 12.8. The maximum Gasteiger partial charge on any atom is 0.416 e. The minimum Gasteiger partial charge on any atom is -0.468 e. The highest BCUT2D eigenvalue weighted by atomic mass is 35.5. The van der Waals surface area contributed by atoms with Gasteiger partial charge in [0.25, 0.3) is 5.69 Å². The highest BCUT2D eigenvalue weighted by Crippen LogP contribution is 2.37. The Hall–Kier alpha value is -3.47. The number of benzene rings is 2. The number of ketones is 2. The molecule has 0 radical (unpaired) electrons. The van der Waals surface area contributed by atoms with Gasteiger partial charge in [-0.25, -0.2) is 0 Å². The predicted molar refractivity (Wildman–Crippen MR) is 114 cm³/mol. The number of nitro groups is 1. The van der Waals surface area contributed by atoms with Crippen molar-refractivity contribution >= 4 is 34.8 Å². The van der Waals surface area contributed by atoms with E-state index in [4.69, 9.17) is 16.3 Å². The fourth-order valence-corrected chi connectivity index (χ4v) is 3.15. The normalized spacial score (nSPS) is 12.1. The van der Waals surface area contributed by atoms with Crippen LogP contribution in [0.3, 0.4) is 0 Å². The molecule has 1 unspecified atom stereocenters. The van der Waals surface area contributed by atoms with Gasteiger partial charge in [0.15, 0.2) is 5.78 Å². The van der Waals surface area contributed by atoms with Crippen LogP contribution in [0.5, 0.6) is 11.5 Å². The van der Waals surface area contributed by atoms with Crippen LogP contribution >= 0.6 is 11.6 Å². The minimum absolute atomic E-state index is 0.0337. The summed E-state index contributed by atoms with van der Waals surface area (Å²) >= 11 is 5.86. The van der Waals surface area contributed by atoms with Crippen LogP contribution in [-0.4, -0.2) is 29.6 Å². The van der Waals surface area contributed by atoms with E-state index in [0.717, 1.165) is 31.4 Å². The molecule has 8 nitrogen and oxygen atoms in total. The Bertz CT molecular complexity index is 1120. The smallest absolute Gasteiger partial charge is 0.416 e. The summed E-state index contributed by atoms with van der Waals surface area (Å²) in [5, 5.41) is 11.0. The number of hydrogen-bond donors (Lipinski definition) is 0. The molecule has 2 aromatic rings. The molecule has 12 heteroatoms. The van der Waals surface area contributed by atoms with E-state index in [1.54, 1.807) is 0 Å². The van der Waals surface area contributed by atoms with Crippen molar-refractivity contribution in [1.82, 2.24) is 0 Å². The van der Waals surface area contributed by atoms with Crippen molar-refractivity contribution in [1.29, 1.82) is 0 Å². The summed E-state index contributed by atoms with van der Waals surface area (Å²) in [5.74, 6) is -3.02. The Labute approximate surface area is 196 Å². The second-order valence-electron chi connectivity index (χ2n) is 7.17. The summed E-state index contributed by atoms with van der Waals surface area (Å²) in [4.78, 5) is 46.6. The maximum absolute atomic E-state index is 12.8. The van der Waals surface area contributed by atoms with Crippen molar-refractivity contribution in [3.63, 3.8) is 0 Å². The fourth-order valence-electron chi connectivity index (χ4n) is 2.93. The number of carbonyl (C=O) groups is 3. The molecule has 0 amide bonds. The van der Waals surface area contributed by atoms with Gasteiger partial charge in [-0.1, -0.05) is 11.6 Å². The highest BCUT2D eigenvalue weighted by Gasteiger charge is 2.31. The molecule has 0 aliphatic carbocycles. The van der Waals surface area contributed by atoms with Crippen molar-refractivity contribution in [3.05, 3.63) is 62.7 Å². The molecule has 0 spiro atoms. The van der Waals surface area contributed by atoms with Gasteiger partial charge < -0.3 is 9.47 Å². The topological polar surface area (TPSA) is 113 Å². The second-order valence-corrected chi connectivity index (χ2v) is 7.58. The van der Waals surface area contributed by atoms with Gasteiger partial charge in [0.05, 0.1) is 28.2 Å². The van der Waals surface area contributed by atoms with Crippen LogP contribution in [0.25, 0.3) is 0 Å². The monoisotopic (exact) mass is 501 g/mol. The lowest BCUT2D eigenvalue weighted by molar-refractivity contribution is -0.385. The number of nitrogens with zero attached hydrogens (tertiary/aromatic N) is 1. The fraction of sp³-hybridized carbons (Fsp3) is 0.318. The van der Waals surface area contributed by atoms with Gasteiger partial charge in [0, 0.05) is 18.9 Å². The third kappa shape index (κ3) is 6.77. The lowest BCUT2D eigenvalue weighted by atomic mass is 9.98. The number of alkyl halides is 3. The molecular weight excluding hydrogens is 483 g/mol. The van der Waals surface area contributed by atoms with E-state index in [1.165, 1.54) is 13.0 Å². The van der Waals surface area contributed by atoms with E-state index in [2.05, 4.69) is 4.74 Å². The largest absolute Gasteiger partial charge is 0.468 e. The molecule has 0 aliphatic rings. The third-order valence-electron chi connectivity index (χ3n) is 4.82. The number of esters is 1. The third-order valence-corrected chi connectivity index (χ3v) is 5.11. The van der Waals surface area contributed by atoms with Gasteiger partial charge in [-0.05, 0) is 43.7 Å². The molecule has 0 saturated heterocycles. The van der Waals surface area contributed by atoms with Gasteiger partial charge in [0.2, 0.25) is 0 Å². The van der Waals surface area contributed by atoms with Crippen molar-refractivity contribution < 1.29 is 42.0 Å². The number of hydrogen-bond acceptors (Lipinski definition) is 7. The van der Waals surface area contributed by atoms with E-state index < -0.39 is 45.8 Å². The first-order valence-corrected chi connectivity index (χ1v) is 10.2. The molecule has 1 atom stereocenters. The van der Waals surface area contributed by atoms with Crippen molar-refractivity contribution in [2.45, 2.75) is 32.4 Å². The molecular formula is C22H19ClF3NO7. The first kappa shape index (κ1) is 26.8. The quantitative estimate of drug-likeness (QED) is 0.133. The summed E-state index contributed by atoms with van der Waals surface area (Å²) in [7, 11) is 1.14. The Kier molecular flexibility index (Phi) is 8.74. The summed E-state index contributed by atoms with van der Waals surface area (Å²) in [6, 6.07) is 5.68. The molecule has 0 N–H and O–H groups in total. The number of carbonyl (C=O) groups excluding carboxylic acids is 3. The zero-order valence-electron chi connectivity index (χ0n) is 18.0. The Morgan fingerprint density at radius 1 is 1.12 bits per heavy atom. The van der Waals surface area contributed by atoms with Crippen LogP contribution in [0, 0.1) is 16.0 Å². The number of nitro benzene ring substituents is 1. The average Bonchev–Trinajstić information content (AvgIpc) is 2.78. The summed E-state index contributed by atoms with van der Waals surface area (Å²) in [6.07, 6.45) is -4.92. The van der Waals surface area contributed by atoms with Gasteiger partial charge >= 0.3 is 12.1 Å². The van der Waals surface area contributed by atoms with Crippen LogP contribution in [0.15, 0.2) is 36.4 Å². The van der Waals surface area contributed by atoms with Gasteiger partial charge in [-0.2, -0.15) is 13.2 Å². The Morgan fingerprint density at radius 2 is 1.79 bits per heavy atom. The van der Waals surface area contributed by atoms with Gasteiger partial charge in [0.1, 0.15) is 23.2 Å². The van der Waals surface area contributed by atoms with Crippen molar-refractivity contribution in [2.24, 2.45) is 5.92 Å². The van der Waals surface area contributed by atoms with E-state index in [1.807, 2.05) is 0 Å². The van der Waals surface area contributed by atoms with Crippen LogP contribution < -0.4 is 4.74 Å². The van der Waals surface area contributed by atoms with Gasteiger partial charge in [-0.3, -0.25) is 24.5 Å². The van der Waals surface area contributed by atoms with Crippen LogP contribution in [0.4, 0.5) is 18.9 Å². The zero-order valence-corrected chi connectivity index (χ0v) is 18.7. The van der Waals surface area contributed by atoms with Crippen LogP contribution in [-0.2, 0) is 20.5 Å². The Morgan fingerprint density at radius 3 is 2.35 bits per heavy atom. The summed E-state index contributed by atoms with van der Waals surface area (Å²) in [5.41, 5.74) is -1.80. The molecule has 182 valence electrons. The molecule has 0 heterocycles. The number of methoxy groups -OCH3 is 1. The van der Waals surface area contributed by atoms with Crippen molar-refractivity contribution in [2.75, 3.05) is 7.11 Å². The number of Topliss-reactive ketones (excluding diaryl/α,β-unsaturated/α-hetero) is 2. The summed E-state index contributed by atoms with van der Waals surface area (Å²) in [6.45, 7) is 1.37. The van der Waals surface area contributed by atoms with E-state index in [-0.39, 0.29) is 41.3 Å². The first-order chi connectivity index (χ1) is 15.8. The number of rotatable bonds is 10.